The predicted molar refractivity (Wildman–Crippen MR) is 75.1 cm³/mol. The number of rotatable bonds is 5. The summed E-state index contributed by atoms with van der Waals surface area (Å²) in [6.07, 6.45) is 5.38. The Morgan fingerprint density at radius 2 is 1.95 bits per heavy atom. The average molecular weight is 315 g/mol. The van der Waals surface area contributed by atoms with Gasteiger partial charge in [-0.25, -0.2) is 22.3 Å². The van der Waals surface area contributed by atoms with Crippen molar-refractivity contribution < 1.29 is 22.7 Å². The molecular formula is C14H18FNO4S. The van der Waals surface area contributed by atoms with E-state index in [9.17, 15) is 17.6 Å². The first-order valence-electron chi connectivity index (χ1n) is 6.92. The molecule has 1 aromatic carbocycles. The fraction of sp³-hybridized carbons (Fsp3) is 0.500. The van der Waals surface area contributed by atoms with Gasteiger partial charge in [0.05, 0.1) is 10.5 Å². The van der Waals surface area contributed by atoms with Gasteiger partial charge in [0.1, 0.15) is 5.82 Å². The summed E-state index contributed by atoms with van der Waals surface area (Å²) in [5.41, 5.74) is -0.643. The molecular weight excluding hydrogens is 297 g/mol. The predicted octanol–water partition coefficient (Wildman–Crippen LogP) is 2.38. The van der Waals surface area contributed by atoms with E-state index < -0.39 is 27.4 Å². The number of nitrogens with one attached hydrogen (secondary N) is 1. The van der Waals surface area contributed by atoms with Crippen molar-refractivity contribution in [3.63, 3.8) is 0 Å². The lowest BCUT2D eigenvalue weighted by Gasteiger charge is -2.21. The van der Waals surface area contributed by atoms with E-state index in [4.69, 9.17) is 5.11 Å². The van der Waals surface area contributed by atoms with E-state index in [-0.39, 0.29) is 4.90 Å². The average Bonchev–Trinajstić information content (AvgIpc) is 2.46. The summed E-state index contributed by atoms with van der Waals surface area (Å²) in [6, 6.07) is 2.78. The van der Waals surface area contributed by atoms with Gasteiger partial charge in [-0.2, -0.15) is 0 Å². The molecule has 2 rings (SSSR count). The number of carboxylic acid groups (broad SMARTS) is 1. The second-order valence-corrected chi connectivity index (χ2v) is 7.07. The highest BCUT2D eigenvalue weighted by molar-refractivity contribution is 7.89. The minimum absolute atomic E-state index is 0.225. The minimum Gasteiger partial charge on any atom is -0.478 e. The highest BCUT2D eigenvalue weighted by atomic mass is 32.2. The smallest absolute Gasteiger partial charge is 0.338 e. The number of halogens is 1. The molecule has 0 spiro atoms. The summed E-state index contributed by atoms with van der Waals surface area (Å²) in [4.78, 5) is 10.6. The van der Waals surface area contributed by atoms with Crippen molar-refractivity contribution in [3.05, 3.63) is 29.6 Å². The van der Waals surface area contributed by atoms with Gasteiger partial charge in [0.15, 0.2) is 0 Å². The van der Waals surface area contributed by atoms with E-state index in [2.05, 4.69) is 4.72 Å². The minimum atomic E-state index is -3.81. The molecule has 0 radical (unpaired) electrons. The Kier molecular flexibility index (Phi) is 4.95. The Morgan fingerprint density at radius 3 is 2.57 bits per heavy atom. The molecule has 1 saturated carbocycles. The lowest BCUT2D eigenvalue weighted by Crippen LogP contribution is -2.30. The fourth-order valence-electron chi connectivity index (χ4n) is 2.54. The monoisotopic (exact) mass is 315 g/mol. The van der Waals surface area contributed by atoms with Crippen LogP contribution in [-0.2, 0) is 10.0 Å². The van der Waals surface area contributed by atoms with Crippen LogP contribution in [-0.4, -0.2) is 26.0 Å². The summed E-state index contributed by atoms with van der Waals surface area (Å²) < 4.78 is 40.0. The number of hydrogen-bond donors (Lipinski definition) is 2. The van der Waals surface area contributed by atoms with Crippen LogP contribution in [0.5, 0.6) is 0 Å². The quantitative estimate of drug-likeness (QED) is 0.874. The molecule has 0 unspecified atom stereocenters. The van der Waals surface area contributed by atoms with Gasteiger partial charge >= 0.3 is 5.97 Å². The molecule has 2 N–H and O–H groups in total. The number of hydrogen-bond acceptors (Lipinski definition) is 3. The maximum Gasteiger partial charge on any atom is 0.338 e. The SMILES string of the molecule is O=C(O)c1cc(S(=O)(=O)NCC2CCCCC2)ccc1F. The van der Waals surface area contributed by atoms with Crippen molar-refractivity contribution in [2.24, 2.45) is 5.92 Å². The third-order valence-corrected chi connectivity index (χ3v) is 5.19. The zero-order valence-corrected chi connectivity index (χ0v) is 12.3. The molecule has 0 amide bonds. The van der Waals surface area contributed by atoms with E-state index in [1.165, 1.54) is 6.42 Å². The van der Waals surface area contributed by atoms with E-state index in [0.29, 0.717) is 12.5 Å². The number of carbonyl (C=O) groups is 1. The lowest BCUT2D eigenvalue weighted by atomic mass is 9.90. The number of benzene rings is 1. The fourth-order valence-corrected chi connectivity index (χ4v) is 3.68. The Balaban J connectivity index is 2.11. The van der Waals surface area contributed by atoms with Crippen LogP contribution in [0.25, 0.3) is 0 Å². The second-order valence-electron chi connectivity index (χ2n) is 5.30. The van der Waals surface area contributed by atoms with Crippen LogP contribution in [0.1, 0.15) is 42.5 Å². The molecule has 0 saturated heterocycles. The van der Waals surface area contributed by atoms with Crippen LogP contribution < -0.4 is 4.72 Å². The van der Waals surface area contributed by atoms with Gasteiger partial charge in [0, 0.05) is 6.54 Å². The first-order valence-corrected chi connectivity index (χ1v) is 8.41. The highest BCUT2D eigenvalue weighted by Crippen LogP contribution is 2.23. The van der Waals surface area contributed by atoms with Crippen LogP contribution in [0.2, 0.25) is 0 Å². The molecule has 116 valence electrons. The van der Waals surface area contributed by atoms with Crippen molar-refractivity contribution in [1.29, 1.82) is 0 Å². The van der Waals surface area contributed by atoms with Gasteiger partial charge in [0.2, 0.25) is 10.0 Å². The molecule has 1 aliphatic carbocycles. The molecule has 0 heterocycles. The number of sulfonamides is 1. The van der Waals surface area contributed by atoms with E-state index in [1.54, 1.807) is 0 Å². The van der Waals surface area contributed by atoms with Gasteiger partial charge < -0.3 is 5.11 Å². The molecule has 1 fully saturated rings. The molecule has 1 aliphatic rings. The summed E-state index contributed by atoms with van der Waals surface area (Å²) in [6.45, 7) is 0.335. The summed E-state index contributed by atoms with van der Waals surface area (Å²) in [7, 11) is -3.81. The first-order chi connectivity index (χ1) is 9.90. The molecule has 21 heavy (non-hydrogen) atoms. The van der Waals surface area contributed by atoms with Gasteiger partial charge in [-0.15, -0.1) is 0 Å². The maximum atomic E-state index is 13.3. The van der Waals surface area contributed by atoms with E-state index in [1.807, 2.05) is 0 Å². The first kappa shape index (κ1) is 15.9. The maximum absolute atomic E-state index is 13.3. The van der Waals surface area contributed by atoms with Crippen molar-refractivity contribution in [3.8, 4) is 0 Å². The molecule has 0 aliphatic heterocycles. The lowest BCUT2D eigenvalue weighted by molar-refractivity contribution is 0.0691. The van der Waals surface area contributed by atoms with Gasteiger partial charge in [-0.05, 0) is 37.0 Å². The summed E-state index contributed by atoms with van der Waals surface area (Å²) >= 11 is 0. The standard InChI is InChI=1S/C14H18FNO4S/c15-13-7-6-11(8-12(13)14(17)18)21(19,20)16-9-10-4-2-1-3-5-10/h6-8,10,16H,1-5,9H2,(H,17,18). The zero-order valence-electron chi connectivity index (χ0n) is 11.5. The Bertz CT molecular complexity index is 624. The van der Waals surface area contributed by atoms with Crippen molar-refractivity contribution in [2.75, 3.05) is 6.54 Å². The third-order valence-electron chi connectivity index (χ3n) is 3.77. The van der Waals surface area contributed by atoms with E-state index in [0.717, 1.165) is 43.9 Å². The molecule has 7 heteroatoms. The largest absolute Gasteiger partial charge is 0.478 e. The van der Waals surface area contributed by atoms with Crippen LogP contribution >= 0.6 is 0 Å². The Hall–Kier alpha value is -1.47. The number of carboxylic acids is 1. The Labute approximate surface area is 123 Å². The summed E-state index contributed by atoms with van der Waals surface area (Å²) in [5, 5.41) is 8.83. The molecule has 5 nitrogen and oxygen atoms in total. The molecule has 0 atom stereocenters. The normalized spacial score (nSPS) is 16.8. The van der Waals surface area contributed by atoms with Gasteiger partial charge in [0.25, 0.3) is 0 Å². The summed E-state index contributed by atoms with van der Waals surface area (Å²) in [5.74, 6) is -2.13. The van der Waals surface area contributed by atoms with Crippen LogP contribution in [0.15, 0.2) is 23.1 Å². The Morgan fingerprint density at radius 1 is 1.29 bits per heavy atom. The van der Waals surface area contributed by atoms with Gasteiger partial charge in [-0.3, -0.25) is 0 Å². The molecule has 1 aromatic rings. The van der Waals surface area contributed by atoms with Gasteiger partial charge in [-0.1, -0.05) is 19.3 Å². The van der Waals surface area contributed by atoms with Crippen LogP contribution in [0, 0.1) is 11.7 Å². The van der Waals surface area contributed by atoms with Crippen molar-refractivity contribution in [1.82, 2.24) is 4.72 Å². The van der Waals surface area contributed by atoms with E-state index >= 15 is 0 Å². The third kappa shape index (κ3) is 4.01. The molecule has 0 aromatic heterocycles. The molecule has 0 bridgehead atoms. The zero-order chi connectivity index (χ0) is 15.5. The van der Waals surface area contributed by atoms with Crippen molar-refractivity contribution >= 4 is 16.0 Å². The van der Waals surface area contributed by atoms with Crippen LogP contribution in [0.4, 0.5) is 4.39 Å². The topological polar surface area (TPSA) is 83.5 Å². The van der Waals surface area contributed by atoms with Crippen LogP contribution in [0.3, 0.4) is 0 Å². The number of aromatic carboxylic acids is 1. The van der Waals surface area contributed by atoms with Crippen molar-refractivity contribution in [2.45, 2.75) is 37.0 Å². The second kappa shape index (κ2) is 6.53. The highest BCUT2D eigenvalue weighted by Gasteiger charge is 2.21.